The number of hydrogen-bond acceptors (Lipinski definition) is 3. The molecule has 0 aliphatic carbocycles. The monoisotopic (exact) mass is 349 g/mol. The molecule has 3 aromatic rings. The van der Waals surface area contributed by atoms with Crippen LogP contribution in [0, 0.1) is 6.92 Å². The Kier molecular flexibility index (Phi) is 5.37. The second kappa shape index (κ2) is 7.87. The summed E-state index contributed by atoms with van der Waals surface area (Å²) in [5.41, 5.74) is 2.39. The van der Waals surface area contributed by atoms with Gasteiger partial charge in [0.25, 0.3) is 5.91 Å². The normalized spacial score (nSPS) is 10.8. The van der Waals surface area contributed by atoms with E-state index >= 15 is 0 Å². The fourth-order valence-electron chi connectivity index (χ4n) is 2.65. The summed E-state index contributed by atoms with van der Waals surface area (Å²) >= 11 is 0. The number of benzene rings is 2. The van der Waals surface area contributed by atoms with E-state index in [-0.39, 0.29) is 12.0 Å². The van der Waals surface area contributed by atoms with Crippen LogP contribution in [0.4, 0.5) is 5.69 Å². The second-order valence-corrected chi connectivity index (χ2v) is 6.42. The number of carbonyl (C=O) groups excluding carboxylic acids is 1. The summed E-state index contributed by atoms with van der Waals surface area (Å²) in [6, 6.07) is 15.1. The summed E-state index contributed by atoms with van der Waals surface area (Å²) < 4.78 is 7.81. The fraction of sp³-hybridized carbons (Fsp3) is 0.238. The van der Waals surface area contributed by atoms with Crippen molar-refractivity contribution in [1.29, 1.82) is 0 Å². The third kappa shape index (κ3) is 4.30. The number of ether oxygens (including phenoxy) is 1. The molecule has 0 fully saturated rings. The van der Waals surface area contributed by atoms with Crippen molar-refractivity contribution in [2.45, 2.75) is 33.4 Å². The standard InChI is InChI=1S/C21H23N3O2/c1-15(2)26-20-7-5-4-6-19(20)23-21(25)18-10-8-17(9-11-18)14-24-13-12-22-16(24)3/h4-13,15H,14H2,1-3H3,(H,23,25). The molecule has 134 valence electrons. The molecule has 0 saturated heterocycles. The van der Waals surface area contributed by atoms with Gasteiger partial charge in [-0.2, -0.15) is 0 Å². The number of para-hydroxylation sites is 2. The van der Waals surface area contributed by atoms with Crippen LogP contribution < -0.4 is 10.1 Å². The number of nitrogens with zero attached hydrogens (tertiary/aromatic N) is 2. The first-order valence-corrected chi connectivity index (χ1v) is 8.66. The Morgan fingerprint density at radius 1 is 1.15 bits per heavy atom. The first kappa shape index (κ1) is 17.7. The number of anilines is 1. The van der Waals surface area contributed by atoms with E-state index in [1.54, 1.807) is 6.20 Å². The number of amides is 1. The lowest BCUT2D eigenvalue weighted by Gasteiger charge is -2.15. The smallest absolute Gasteiger partial charge is 0.255 e. The highest BCUT2D eigenvalue weighted by molar-refractivity contribution is 6.05. The fourth-order valence-corrected chi connectivity index (χ4v) is 2.65. The van der Waals surface area contributed by atoms with Crippen molar-refractivity contribution in [3.05, 3.63) is 77.9 Å². The SMILES string of the molecule is Cc1nccn1Cc1ccc(C(=O)Nc2ccccc2OC(C)C)cc1. The van der Waals surface area contributed by atoms with E-state index < -0.39 is 0 Å². The molecule has 1 N–H and O–H groups in total. The van der Waals surface area contributed by atoms with E-state index in [0.29, 0.717) is 17.0 Å². The Hall–Kier alpha value is -3.08. The predicted octanol–water partition coefficient (Wildman–Crippen LogP) is 4.28. The van der Waals surface area contributed by atoms with Gasteiger partial charge in [-0.3, -0.25) is 4.79 Å². The Morgan fingerprint density at radius 2 is 1.88 bits per heavy atom. The Morgan fingerprint density at radius 3 is 2.54 bits per heavy atom. The summed E-state index contributed by atoms with van der Waals surface area (Å²) in [6.45, 7) is 6.62. The van der Waals surface area contributed by atoms with Gasteiger partial charge in [0, 0.05) is 24.5 Å². The van der Waals surface area contributed by atoms with E-state index in [1.807, 2.05) is 75.5 Å². The number of aromatic nitrogens is 2. The summed E-state index contributed by atoms with van der Waals surface area (Å²) in [5, 5.41) is 2.93. The maximum atomic E-state index is 12.6. The van der Waals surface area contributed by atoms with Gasteiger partial charge < -0.3 is 14.6 Å². The molecule has 1 amide bonds. The summed E-state index contributed by atoms with van der Waals surface area (Å²) in [6.07, 6.45) is 3.77. The molecule has 0 bridgehead atoms. The first-order valence-electron chi connectivity index (χ1n) is 8.66. The van der Waals surface area contributed by atoms with Crippen LogP contribution in [-0.4, -0.2) is 21.6 Å². The van der Waals surface area contributed by atoms with Crippen molar-refractivity contribution in [2.24, 2.45) is 0 Å². The number of rotatable bonds is 6. The topological polar surface area (TPSA) is 56.2 Å². The van der Waals surface area contributed by atoms with E-state index in [4.69, 9.17) is 4.74 Å². The van der Waals surface area contributed by atoms with E-state index in [9.17, 15) is 4.79 Å². The molecule has 0 aliphatic heterocycles. The zero-order valence-corrected chi connectivity index (χ0v) is 15.3. The van der Waals surface area contributed by atoms with Crippen LogP contribution in [0.3, 0.4) is 0 Å². The van der Waals surface area contributed by atoms with Crippen LogP contribution in [0.15, 0.2) is 60.9 Å². The van der Waals surface area contributed by atoms with Crippen molar-refractivity contribution < 1.29 is 9.53 Å². The zero-order chi connectivity index (χ0) is 18.5. The van der Waals surface area contributed by atoms with Crippen molar-refractivity contribution >= 4 is 11.6 Å². The highest BCUT2D eigenvalue weighted by Gasteiger charge is 2.11. The molecule has 26 heavy (non-hydrogen) atoms. The Labute approximate surface area is 153 Å². The molecule has 1 heterocycles. The largest absolute Gasteiger partial charge is 0.489 e. The van der Waals surface area contributed by atoms with Crippen molar-refractivity contribution in [1.82, 2.24) is 9.55 Å². The molecule has 0 atom stereocenters. The number of hydrogen-bond donors (Lipinski definition) is 1. The summed E-state index contributed by atoms with van der Waals surface area (Å²) in [7, 11) is 0. The van der Waals surface area contributed by atoms with Gasteiger partial charge >= 0.3 is 0 Å². The number of aryl methyl sites for hydroxylation is 1. The van der Waals surface area contributed by atoms with Crippen LogP contribution in [0.1, 0.15) is 35.6 Å². The lowest BCUT2D eigenvalue weighted by Crippen LogP contribution is -2.14. The average molecular weight is 349 g/mol. The molecular formula is C21H23N3O2. The van der Waals surface area contributed by atoms with Gasteiger partial charge in [-0.15, -0.1) is 0 Å². The van der Waals surface area contributed by atoms with Crippen molar-refractivity contribution in [2.75, 3.05) is 5.32 Å². The minimum absolute atomic E-state index is 0.0407. The van der Waals surface area contributed by atoms with E-state index in [2.05, 4.69) is 14.9 Å². The number of carbonyl (C=O) groups is 1. The van der Waals surface area contributed by atoms with E-state index in [1.165, 1.54) is 0 Å². The molecule has 0 aliphatic rings. The maximum Gasteiger partial charge on any atom is 0.255 e. The summed E-state index contributed by atoms with van der Waals surface area (Å²) in [4.78, 5) is 16.8. The van der Waals surface area contributed by atoms with Crippen molar-refractivity contribution in [3.63, 3.8) is 0 Å². The maximum absolute atomic E-state index is 12.6. The molecule has 3 rings (SSSR count). The molecule has 5 heteroatoms. The first-order chi connectivity index (χ1) is 12.5. The lowest BCUT2D eigenvalue weighted by molar-refractivity contribution is 0.102. The number of imidazole rings is 1. The Bertz CT molecular complexity index is 882. The quantitative estimate of drug-likeness (QED) is 0.723. The molecular weight excluding hydrogens is 326 g/mol. The molecule has 0 radical (unpaired) electrons. The molecule has 1 aromatic heterocycles. The van der Waals surface area contributed by atoms with Gasteiger partial charge in [0.2, 0.25) is 0 Å². The minimum Gasteiger partial charge on any atom is -0.489 e. The highest BCUT2D eigenvalue weighted by atomic mass is 16.5. The lowest BCUT2D eigenvalue weighted by atomic mass is 10.1. The zero-order valence-electron chi connectivity index (χ0n) is 15.3. The minimum atomic E-state index is -0.157. The average Bonchev–Trinajstić information content (AvgIpc) is 3.01. The van der Waals surface area contributed by atoms with Crippen LogP contribution in [0.5, 0.6) is 5.75 Å². The molecule has 0 spiro atoms. The van der Waals surface area contributed by atoms with Crippen LogP contribution >= 0.6 is 0 Å². The molecule has 0 saturated carbocycles. The van der Waals surface area contributed by atoms with Gasteiger partial charge in [-0.05, 0) is 50.6 Å². The highest BCUT2D eigenvalue weighted by Crippen LogP contribution is 2.25. The molecule has 5 nitrogen and oxygen atoms in total. The van der Waals surface area contributed by atoms with Gasteiger partial charge in [0.1, 0.15) is 11.6 Å². The van der Waals surface area contributed by atoms with Gasteiger partial charge in [0.15, 0.2) is 0 Å². The number of nitrogens with one attached hydrogen (secondary N) is 1. The second-order valence-electron chi connectivity index (χ2n) is 6.42. The summed E-state index contributed by atoms with van der Waals surface area (Å²) in [5.74, 6) is 1.48. The van der Waals surface area contributed by atoms with Crippen LogP contribution in [0.2, 0.25) is 0 Å². The van der Waals surface area contributed by atoms with Crippen LogP contribution in [0.25, 0.3) is 0 Å². The molecule has 0 unspecified atom stereocenters. The third-order valence-corrected chi connectivity index (χ3v) is 3.99. The predicted molar refractivity (Wildman–Crippen MR) is 103 cm³/mol. The van der Waals surface area contributed by atoms with Gasteiger partial charge in [0.05, 0.1) is 11.8 Å². The molecule has 2 aromatic carbocycles. The van der Waals surface area contributed by atoms with Gasteiger partial charge in [-0.1, -0.05) is 24.3 Å². The van der Waals surface area contributed by atoms with Crippen LogP contribution in [-0.2, 0) is 6.54 Å². The van der Waals surface area contributed by atoms with Crippen molar-refractivity contribution in [3.8, 4) is 5.75 Å². The van der Waals surface area contributed by atoms with E-state index in [0.717, 1.165) is 17.9 Å². The third-order valence-electron chi connectivity index (χ3n) is 3.99. The van der Waals surface area contributed by atoms with Gasteiger partial charge in [-0.25, -0.2) is 4.98 Å². The Balaban J connectivity index is 1.70.